The van der Waals surface area contributed by atoms with Crippen LogP contribution in [0.2, 0.25) is 0 Å². The Kier molecular flexibility index (Phi) is 12.4. The molecular formula is C32H36FN3O4. The average Bonchev–Trinajstić information content (AvgIpc) is 2.99. The third-order valence-corrected chi connectivity index (χ3v) is 6.13. The topological polar surface area (TPSA) is 96.5 Å². The summed E-state index contributed by atoms with van der Waals surface area (Å²) in [6, 6.07) is 25.2. The van der Waals surface area contributed by atoms with Crippen molar-refractivity contribution in [3.05, 3.63) is 120 Å². The molecule has 0 spiro atoms. The highest BCUT2D eigenvalue weighted by molar-refractivity contribution is 5.90. The summed E-state index contributed by atoms with van der Waals surface area (Å²) in [5.74, 6) is -1.58. The Labute approximate surface area is 234 Å². The zero-order valence-corrected chi connectivity index (χ0v) is 22.6. The number of benzene rings is 3. The van der Waals surface area contributed by atoms with Crippen LogP contribution in [-0.2, 0) is 27.4 Å². The van der Waals surface area contributed by atoms with Crippen LogP contribution in [0, 0.1) is 0 Å². The summed E-state index contributed by atoms with van der Waals surface area (Å²) in [4.78, 5) is 38.3. The van der Waals surface area contributed by atoms with E-state index in [1.165, 1.54) is 6.08 Å². The molecule has 0 radical (unpaired) electrons. The van der Waals surface area contributed by atoms with Crippen LogP contribution in [0.5, 0.6) is 0 Å². The molecule has 0 aliphatic carbocycles. The maximum absolute atomic E-state index is 15.3. The second-order valence-electron chi connectivity index (χ2n) is 9.31. The predicted molar refractivity (Wildman–Crippen MR) is 153 cm³/mol. The number of allylic oxidation sites excluding steroid dienone is 1. The molecule has 3 aromatic carbocycles. The maximum Gasteiger partial charge on any atom is 0.407 e. The second kappa shape index (κ2) is 16.5. The molecule has 0 saturated carbocycles. The fourth-order valence-electron chi connectivity index (χ4n) is 3.99. The van der Waals surface area contributed by atoms with Gasteiger partial charge in [0.25, 0.3) is 0 Å². The molecule has 3 rings (SSSR count). The van der Waals surface area contributed by atoms with E-state index in [2.05, 4.69) is 16.0 Å². The summed E-state index contributed by atoms with van der Waals surface area (Å²) >= 11 is 0. The first-order valence-corrected chi connectivity index (χ1v) is 13.4. The molecule has 3 aromatic rings. The van der Waals surface area contributed by atoms with Crippen LogP contribution in [-0.4, -0.2) is 30.5 Å². The van der Waals surface area contributed by atoms with Gasteiger partial charge in [0, 0.05) is 6.42 Å². The van der Waals surface area contributed by atoms with Gasteiger partial charge in [0.2, 0.25) is 11.8 Å². The van der Waals surface area contributed by atoms with Crippen molar-refractivity contribution >= 4 is 17.9 Å². The molecule has 7 nitrogen and oxygen atoms in total. The lowest BCUT2D eigenvalue weighted by atomic mass is 10.0. The SMILES string of the molecule is CCCC/C=C(\F)[C@@H](NC(=O)[C@H](Cc1ccccc1)NC(=O)CNC(=O)OCc1ccccc1)c1ccccc1. The van der Waals surface area contributed by atoms with Crippen molar-refractivity contribution in [2.24, 2.45) is 0 Å². The fraction of sp³-hybridized carbons (Fsp3) is 0.281. The van der Waals surface area contributed by atoms with Crippen molar-refractivity contribution in [3.63, 3.8) is 0 Å². The van der Waals surface area contributed by atoms with Crippen molar-refractivity contribution in [2.45, 2.75) is 51.3 Å². The number of rotatable bonds is 14. The van der Waals surface area contributed by atoms with Crippen molar-refractivity contribution < 1.29 is 23.5 Å². The van der Waals surface area contributed by atoms with Crippen LogP contribution < -0.4 is 16.0 Å². The van der Waals surface area contributed by atoms with E-state index in [0.29, 0.717) is 12.0 Å². The van der Waals surface area contributed by atoms with Crippen LogP contribution >= 0.6 is 0 Å². The smallest absolute Gasteiger partial charge is 0.407 e. The number of carbonyl (C=O) groups is 3. The van der Waals surface area contributed by atoms with E-state index in [0.717, 1.165) is 24.0 Å². The van der Waals surface area contributed by atoms with Crippen molar-refractivity contribution in [2.75, 3.05) is 6.54 Å². The number of hydrogen-bond acceptors (Lipinski definition) is 4. The Bertz CT molecular complexity index is 1240. The minimum absolute atomic E-state index is 0.0611. The first-order chi connectivity index (χ1) is 19.5. The third-order valence-electron chi connectivity index (χ3n) is 6.13. The predicted octanol–water partition coefficient (Wildman–Crippen LogP) is 5.54. The highest BCUT2D eigenvalue weighted by Crippen LogP contribution is 2.24. The van der Waals surface area contributed by atoms with Gasteiger partial charge < -0.3 is 20.7 Å². The number of halogens is 1. The van der Waals surface area contributed by atoms with E-state index in [9.17, 15) is 14.4 Å². The zero-order chi connectivity index (χ0) is 28.6. The molecule has 40 heavy (non-hydrogen) atoms. The molecule has 210 valence electrons. The standard InChI is InChI=1S/C32H36FN3O4/c1-2-3-7-20-27(33)30(26-18-12-6-13-19-26)36-31(38)28(21-24-14-8-4-9-15-24)35-29(37)22-34-32(39)40-23-25-16-10-5-11-17-25/h4-6,8-20,28,30H,2-3,7,21-23H2,1H3,(H,34,39)(H,35,37)(H,36,38)/b27-20-/t28-,30-/m0/s1. The van der Waals surface area contributed by atoms with Gasteiger partial charge >= 0.3 is 6.09 Å². The van der Waals surface area contributed by atoms with E-state index >= 15 is 4.39 Å². The van der Waals surface area contributed by atoms with Gasteiger partial charge in [0.15, 0.2) is 0 Å². The lowest BCUT2D eigenvalue weighted by Gasteiger charge is -2.23. The Morgan fingerprint density at radius 2 is 1.45 bits per heavy atom. The number of carbonyl (C=O) groups excluding carboxylic acids is 3. The monoisotopic (exact) mass is 545 g/mol. The molecule has 8 heteroatoms. The largest absolute Gasteiger partial charge is 0.445 e. The molecule has 0 aliphatic rings. The third kappa shape index (κ3) is 10.4. The van der Waals surface area contributed by atoms with Crippen LogP contribution in [0.4, 0.5) is 9.18 Å². The van der Waals surface area contributed by atoms with E-state index in [4.69, 9.17) is 4.74 Å². The van der Waals surface area contributed by atoms with Gasteiger partial charge in [0.1, 0.15) is 31.1 Å². The molecule has 0 unspecified atom stereocenters. The Morgan fingerprint density at radius 1 is 0.850 bits per heavy atom. The molecule has 0 aliphatic heterocycles. The van der Waals surface area contributed by atoms with Crippen LogP contribution in [0.25, 0.3) is 0 Å². The van der Waals surface area contributed by atoms with E-state index in [-0.39, 0.29) is 19.6 Å². The first kappa shape index (κ1) is 30.1. The van der Waals surface area contributed by atoms with Crippen LogP contribution in [0.1, 0.15) is 48.9 Å². The minimum Gasteiger partial charge on any atom is -0.445 e. The normalized spacial score (nSPS) is 12.6. The van der Waals surface area contributed by atoms with Gasteiger partial charge in [-0.2, -0.15) is 0 Å². The highest BCUT2D eigenvalue weighted by atomic mass is 19.1. The molecule has 0 fully saturated rings. The lowest BCUT2D eigenvalue weighted by Crippen LogP contribution is -2.51. The number of nitrogens with one attached hydrogen (secondary N) is 3. The fourth-order valence-corrected chi connectivity index (χ4v) is 3.99. The second-order valence-corrected chi connectivity index (χ2v) is 9.31. The molecule has 0 aromatic heterocycles. The maximum atomic E-state index is 15.3. The summed E-state index contributed by atoms with van der Waals surface area (Å²) in [6.07, 6.45) is 3.22. The molecule has 0 bridgehead atoms. The molecule has 3 amide bonds. The van der Waals surface area contributed by atoms with Crippen LogP contribution in [0.15, 0.2) is 103 Å². The Balaban J connectivity index is 1.67. The van der Waals surface area contributed by atoms with E-state index < -0.39 is 35.8 Å². The Morgan fingerprint density at radius 3 is 2.08 bits per heavy atom. The van der Waals surface area contributed by atoms with Crippen molar-refractivity contribution in [3.8, 4) is 0 Å². The number of ether oxygens (including phenoxy) is 1. The van der Waals surface area contributed by atoms with Crippen LogP contribution in [0.3, 0.4) is 0 Å². The van der Waals surface area contributed by atoms with E-state index in [1.807, 2.05) is 73.7 Å². The van der Waals surface area contributed by atoms with Crippen molar-refractivity contribution in [1.29, 1.82) is 0 Å². The molecule has 0 heterocycles. The lowest BCUT2D eigenvalue weighted by molar-refractivity contribution is -0.129. The minimum atomic E-state index is -1.01. The van der Waals surface area contributed by atoms with Gasteiger partial charge in [-0.25, -0.2) is 9.18 Å². The molecular weight excluding hydrogens is 509 g/mol. The van der Waals surface area contributed by atoms with Gasteiger partial charge in [-0.05, 0) is 29.5 Å². The van der Waals surface area contributed by atoms with E-state index in [1.54, 1.807) is 24.3 Å². The average molecular weight is 546 g/mol. The number of amides is 3. The Hall–Kier alpha value is -4.46. The van der Waals surface area contributed by atoms with Gasteiger partial charge in [0.05, 0.1) is 0 Å². The molecule has 0 saturated heterocycles. The number of alkyl carbamates (subject to hydrolysis) is 1. The first-order valence-electron chi connectivity index (χ1n) is 13.4. The summed E-state index contributed by atoms with van der Waals surface area (Å²) in [6.45, 7) is 1.70. The summed E-state index contributed by atoms with van der Waals surface area (Å²) in [7, 11) is 0. The zero-order valence-electron chi connectivity index (χ0n) is 22.6. The van der Waals surface area contributed by atoms with Crippen molar-refractivity contribution in [1.82, 2.24) is 16.0 Å². The van der Waals surface area contributed by atoms with Gasteiger partial charge in [-0.1, -0.05) is 110 Å². The van der Waals surface area contributed by atoms with Gasteiger partial charge in [-0.3, -0.25) is 9.59 Å². The highest BCUT2D eigenvalue weighted by Gasteiger charge is 2.26. The summed E-state index contributed by atoms with van der Waals surface area (Å²) in [5.41, 5.74) is 2.22. The quantitative estimate of drug-likeness (QED) is 0.232. The van der Waals surface area contributed by atoms with Gasteiger partial charge in [-0.15, -0.1) is 0 Å². The molecule has 3 N–H and O–H groups in total. The number of unbranched alkanes of at least 4 members (excludes halogenated alkanes) is 2. The molecule has 2 atom stereocenters. The number of hydrogen-bond donors (Lipinski definition) is 3. The summed E-state index contributed by atoms with van der Waals surface area (Å²) < 4.78 is 20.4. The summed E-state index contributed by atoms with van der Waals surface area (Å²) in [5, 5.41) is 7.86.